The fraction of sp³-hybridized carbons (Fsp3) is 0.111. The van der Waals surface area contributed by atoms with Gasteiger partial charge in [0.15, 0.2) is 0 Å². The first-order valence-electron chi connectivity index (χ1n) is 10.8. The van der Waals surface area contributed by atoms with Crippen LogP contribution in [0.15, 0.2) is 97.3 Å². The number of benzene rings is 3. The number of rotatable bonds is 5. The molecule has 0 spiro atoms. The first-order valence-corrected chi connectivity index (χ1v) is 12.0. The van der Waals surface area contributed by atoms with E-state index < -0.39 is 10.2 Å². The topological polar surface area (TPSA) is 116 Å². The van der Waals surface area contributed by atoms with Gasteiger partial charge in [-0.25, -0.2) is 18.6 Å². The number of hydroxylamine groups is 1. The van der Waals surface area contributed by atoms with Gasteiger partial charge < -0.3 is 9.20 Å². The maximum absolute atomic E-state index is 8.49. The summed E-state index contributed by atoms with van der Waals surface area (Å²) in [6, 6.07) is 27.2. The van der Waals surface area contributed by atoms with Crippen LogP contribution < -0.4 is 28.9 Å². The summed E-state index contributed by atoms with van der Waals surface area (Å²) >= 11 is 0. The quantitative estimate of drug-likeness (QED) is 0.531. The molecule has 35 heavy (non-hydrogen) atoms. The van der Waals surface area contributed by atoms with E-state index in [1.165, 1.54) is 22.3 Å². The Kier molecular flexibility index (Phi) is 7.67. The second kappa shape index (κ2) is 10.9. The molecule has 0 bridgehead atoms. The van der Waals surface area contributed by atoms with Crippen LogP contribution in [-0.4, -0.2) is 13.2 Å². The van der Waals surface area contributed by atoms with E-state index in [1.54, 1.807) is 7.11 Å². The van der Waals surface area contributed by atoms with E-state index in [0.717, 1.165) is 23.4 Å². The normalized spacial score (nSPS) is 16.3. The van der Waals surface area contributed by atoms with Crippen molar-refractivity contribution in [1.82, 2.24) is 5.48 Å². The second-order valence-corrected chi connectivity index (χ2v) is 8.58. The Morgan fingerprint density at radius 3 is 2.23 bits per heavy atom. The SMILES string of the molecule is COc1ccc(C2=C[O+](NCc3ccccc3)C3C=Cc4ccccc4C3=C2)cc1.[O-][Cl+3]([O-])([O-])[O-]. The van der Waals surface area contributed by atoms with Crippen LogP contribution in [0.4, 0.5) is 0 Å². The third kappa shape index (κ3) is 6.58. The zero-order chi connectivity index (χ0) is 24.8. The molecule has 1 aliphatic carbocycles. The molecule has 1 aliphatic heterocycles. The minimum Gasteiger partial charge on any atom is -0.497 e. The first-order chi connectivity index (χ1) is 16.8. The van der Waals surface area contributed by atoms with Crippen LogP contribution >= 0.6 is 0 Å². The number of methoxy groups -OCH3 is 1. The highest BCUT2D eigenvalue weighted by Crippen LogP contribution is 2.39. The first kappa shape index (κ1) is 24.7. The summed E-state index contributed by atoms with van der Waals surface area (Å²) in [5.74, 6) is 0.860. The van der Waals surface area contributed by atoms with Gasteiger partial charge in [0.05, 0.1) is 24.8 Å². The van der Waals surface area contributed by atoms with Crippen molar-refractivity contribution in [2.24, 2.45) is 0 Å². The highest BCUT2D eigenvalue weighted by molar-refractivity contribution is 5.91. The average molecular weight is 494 g/mol. The highest BCUT2D eigenvalue weighted by atomic mass is 35.7. The number of ether oxygens (including phenoxy) is 1. The molecule has 0 aromatic heterocycles. The smallest absolute Gasteiger partial charge is 0.254 e. The molecular formula is C27H24ClNO6. The van der Waals surface area contributed by atoms with Crippen molar-refractivity contribution in [2.75, 3.05) is 7.11 Å². The van der Waals surface area contributed by atoms with Gasteiger partial charge in [0.1, 0.15) is 5.75 Å². The molecule has 3 aromatic carbocycles. The maximum Gasteiger partial charge on any atom is 0.254 e. The van der Waals surface area contributed by atoms with E-state index in [1.807, 2.05) is 18.2 Å². The maximum atomic E-state index is 8.49. The van der Waals surface area contributed by atoms with Crippen LogP contribution in [0, 0.1) is 10.2 Å². The van der Waals surface area contributed by atoms with Crippen molar-refractivity contribution in [3.05, 3.63) is 120 Å². The molecule has 0 saturated carbocycles. The average Bonchev–Trinajstić information content (AvgIpc) is 2.86. The molecule has 0 saturated heterocycles. The third-order valence-electron chi connectivity index (χ3n) is 5.58. The van der Waals surface area contributed by atoms with Gasteiger partial charge in [-0.1, -0.05) is 72.2 Å². The van der Waals surface area contributed by atoms with Crippen LogP contribution in [0.1, 0.15) is 22.3 Å². The van der Waals surface area contributed by atoms with Crippen molar-refractivity contribution >= 4 is 17.2 Å². The lowest BCUT2D eigenvalue weighted by Gasteiger charge is -2.33. The Labute approximate surface area is 205 Å². The number of hydrogen-bond acceptors (Lipinski definition) is 6. The lowest BCUT2D eigenvalue weighted by atomic mass is 9.87. The molecule has 0 radical (unpaired) electrons. The zero-order valence-corrected chi connectivity index (χ0v) is 19.7. The van der Waals surface area contributed by atoms with E-state index in [-0.39, 0.29) is 6.10 Å². The minimum atomic E-state index is -4.94. The molecule has 1 N–H and O–H groups in total. The predicted molar refractivity (Wildman–Crippen MR) is 123 cm³/mol. The van der Waals surface area contributed by atoms with Crippen LogP contribution in [0.3, 0.4) is 0 Å². The minimum absolute atomic E-state index is 0.0746. The summed E-state index contributed by atoms with van der Waals surface area (Å²) < 4.78 is 42.5. The molecule has 180 valence electrons. The van der Waals surface area contributed by atoms with Crippen molar-refractivity contribution in [3.8, 4) is 5.75 Å². The molecule has 8 heteroatoms. The van der Waals surface area contributed by atoms with E-state index in [0.29, 0.717) is 0 Å². The molecular weight excluding hydrogens is 470 g/mol. The van der Waals surface area contributed by atoms with E-state index in [9.17, 15) is 0 Å². The fourth-order valence-electron chi connectivity index (χ4n) is 3.98. The summed E-state index contributed by atoms with van der Waals surface area (Å²) in [6.45, 7) is 0.733. The number of halogens is 1. The number of nitrogens with one attached hydrogen (secondary N) is 1. The van der Waals surface area contributed by atoms with Gasteiger partial charge in [-0.2, -0.15) is 0 Å². The van der Waals surface area contributed by atoms with Crippen LogP contribution in [0.5, 0.6) is 5.75 Å². The molecule has 3 aromatic rings. The van der Waals surface area contributed by atoms with Crippen molar-refractivity contribution in [1.29, 1.82) is 0 Å². The van der Waals surface area contributed by atoms with E-state index in [2.05, 4.69) is 95.1 Å². The summed E-state index contributed by atoms with van der Waals surface area (Å²) in [6.07, 6.45) is 8.93. The van der Waals surface area contributed by atoms with Gasteiger partial charge in [-0.3, -0.25) is 0 Å². The molecule has 7 nitrogen and oxygen atoms in total. The molecule has 0 fully saturated rings. The van der Waals surface area contributed by atoms with Gasteiger partial charge >= 0.3 is 0 Å². The third-order valence-corrected chi connectivity index (χ3v) is 5.58. The molecule has 1 unspecified atom stereocenters. The van der Waals surface area contributed by atoms with Crippen LogP contribution in [0.2, 0.25) is 0 Å². The van der Waals surface area contributed by atoms with Gasteiger partial charge in [0.25, 0.3) is 12.4 Å². The van der Waals surface area contributed by atoms with Crippen molar-refractivity contribution in [2.45, 2.75) is 12.6 Å². The predicted octanol–water partition coefficient (Wildman–Crippen LogP) is 1.03. The largest absolute Gasteiger partial charge is 0.497 e. The summed E-state index contributed by atoms with van der Waals surface area (Å²) in [5.41, 5.74) is 10.9. The summed E-state index contributed by atoms with van der Waals surface area (Å²) in [4.78, 5) is 0. The monoisotopic (exact) mass is 493 g/mol. The Morgan fingerprint density at radius 1 is 0.886 bits per heavy atom. The van der Waals surface area contributed by atoms with E-state index >= 15 is 0 Å². The number of allylic oxidation sites excluding steroid dienone is 2. The molecule has 5 rings (SSSR count). The Hall–Kier alpha value is -3.43. The van der Waals surface area contributed by atoms with Gasteiger partial charge in [0.2, 0.25) is 0 Å². The zero-order valence-electron chi connectivity index (χ0n) is 18.9. The van der Waals surface area contributed by atoms with Crippen LogP contribution in [0.25, 0.3) is 17.2 Å². The summed E-state index contributed by atoms with van der Waals surface area (Å²) in [5, 5.41) is 0. The Balaban J connectivity index is 0.000000527. The van der Waals surface area contributed by atoms with Crippen molar-refractivity contribution < 1.29 is 38.1 Å². The van der Waals surface area contributed by atoms with Crippen LogP contribution in [-0.2, 0) is 11.0 Å². The standard InChI is InChI=1S/C27H24NO2.ClHO4/c1-29-24-14-11-21(12-15-24)23-17-26-25-10-6-5-9-22(25)13-16-27(26)30(19-23)28-18-20-7-3-2-4-8-20;2-1(3,4)5/h2-17,19,27-28H,18H2,1H3;(H,2,3,4,5)/q+1;/p-1. The molecule has 2 aliphatic rings. The Bertz CT molecular complexity index is 1230. The van der Waals surface area contributed by atoms with Gasteiger partial charge in [0, 0.05) is 6.08 Å². The van der Waals surface area contributed by atoms with Gasteiger partial charge in [-0.15, -0.1) is 10.2 Å². The molecule has 1 heterocycles. The van der Waals surface area contributed by atoms with E-state index in [4.69, 9.17) is 23.4 Å². The lowest BCUT2D eigenvalue weighted by Crippen LogP contribution is -2.68. The summed E-state index contributed by atoms with van der Waals surface area (Å²) in [7, 11) is -3.25. The van der Waals surface area contributed by atoms with Gasteiger partial charge in [-0.05, 0) is 46.5 Å². The number of hydrogen-bond donors (Lipinski definition) is 1. The fourth-order valence-corrected chi connectivity index (χ4v) is 3.98. The van der Waals surface area contributed by atoms with Crippen molar-refractivity contribution in [3.63, 3.8) is 0 Å². The molecule has 1 atom stereocenters. The highest BCUT2D eigenvalue weighted by Gasteiger charge is 2.33. The Morgan fingerprint density at radius 2 is 1.54 bits per heavy atom. The number of fused-ring (bicyclic) bond motifs is 3. The lowest BCUT2D eigenvalue weighted by molar-refractivity contribution is -2.00. The second-order valence-electron chi connectivity index (χ2n) is 7.82. The molecule has 0 amide bonds.